The minimum Gasteiger partial charge on any atom is -0.494 e. The van der Waals surface area contributed by atoms with Gasteiger partial charge in [0.15, 0.2) is 0 Å². The highest BCUT2D eigenvalue weighted by Crippen LogP contribution is 2.23. The van der Waals surface area contributed by atoms with Crippen molar-refractivity contribution in [3.8, 4) is 5.75 Å². The lowest BCUT2D eigenvalue weighted by Crippen LogP contribution is -2.14. The third-order valence-electron chi connectivity index (χ3n) is 3.04. The van der Waals surface area contributed by atoms with Crippen molar-refractivity contribution in [2.24, 2.45) is 5.73 Å². The van der Waals surface area contributed by atoms with Gasteiger partial charge in [0.2, 0.25) is 0 Å². The van der Waals surface area contributed by atoms with E-state index < -0.39 is 0 Å². The van der Waals surface area contributed by atoms with Crippen LogP contribution in [0.15, 0.2) is 42.5 Å². The van der Waals surface area contributed by atoms with E-state index in [0.717, 1.165) is 11.3 Å². The Morgan fingerprint density at radius 3 is 2.80 bits per heavy atom. The van der Waals surface area contributed by atoms with Gasteiger partial charge in [-0.15, -0.1) is 0 Å². The van der Waals surface area contributed by atoms with Crippen LogP contribution in [-0.4, -0.2) is 6.61 Å². The fraction of sp³-hybridized carbons (Fsp3) is 0.250. The molecule has 106 valence electrons. The van der Waals surface area contributed by atoms with Crippen LogP contribution in [0.5, 0.6) is 5.75 Å². The van der Waals surface area contributed by atoms with E-state index >= 15 is 0 Å². The maximum Gasteiger partial charge on any atom is 0.126 e. The first-order chi connectivity index (χ1) is 9.60. The minimum atomic E-state index is -0.302. The Hall–Kier alpha value is -1.58. The van der Waals surface area contributed by atoms with Crippen LogP contribution in [0.25, 0.3) is 0 Å². The minimum absolute atomic E-state index is 0.286. The predicted octanol–water partition coefficient (Wildman–Crippen LogP) is 4.12. The number of halogens is 2. The Labute approximate surface area is 123 Å². The molecule has 0 bridgehead atoms. The van der Waals surface area contributed by atoms with Gasteiger partial charge < -0.3 is 10.5 Å². The maximum absolute atomic E-state index is 13.7. The van der Waals surface area contributed by atoms with Gasteiger partial charge in [-0.1, -0.05) is 23.7 Å². The smallest absolute Gasteiger partial charge is 0.126 e. The second kappa shape index (κ2) is 6.73. The van der Waals surface area contributed by atoms with Crippen molar-refractivity contribution in [3.63, 3.8) is 0 Å². The molecule has 0 amide bonds. The molecule has 0 aliphatic carbocycles. The molecule has 2 aromatic rings. The molecule has 0 aliphatic heterocycles. The summed E-state index contributed by atoms with van der Waals surface area (Å²) in [5, 5.41) is 0.511. The van der Waals surface area contributed by atoms with E-state index in [1.807, 2.05) is 31.2 Å². The van der Waals surface area contributed by atoms with Crippen molar-refractivity contribution in [1.29, 1.82) is 0 Å². The first-order valence-electron chi connectivity index (χ1n) is 6.52. The van der Waals surface area contributed by atoms with E-state index in [4.69, 9.17) is 22.1 Å². The molecule has 20 heavy (non-hydrogen) atoms. The summed E-state index contributed by atoms with van der Waals surface area (Å²) in [6.07, 6.45) is 0.391. The molecule has 0 fully saturated rings. The standard InChI is InChI=1S/C16H17ClFNO/c1-2-20-14-5-3-4-11(9-14)16(19)10-12-8-13(17)6-7-15(12)18/h3-9,16H,2,10,19H2,1H3. The van der Waals surface area contributed by atoms with Gasteiger partial charge in [0, 0.05) is 11.1 Å². The molecule has 0 spiro atoms. The topological polar surface area (TPSA) is 35.2 Å². The fourth-order valence-electron chi connectivity index (χ4n) is 2.06. The quantitative estimate of drug-likeness (QED) is 0.900. The van der Waals surface area contributed by atoms with Crippen molar-refractivity contribution in [2.45, 2.75) is 19.4 Å². The number of nitrogens with two attached hydrogens (primary N) is 1. The Morgan fingerprint density at radius 1 is 1.25 bits per heavy atom. The van der Waals surface area contributed by atoms with Crippen molar-refractivity contribution < 1.29 is 9.13 Å². The molecule has 0 radical (unpaired) electrons. The summed E-state index contributed by atoms with van der Waals surface area (Å²) < 4.78 is 19.1. The summed E-state index contributed by atoms with van der Waals surface area (Å²) in [5.74, 6) is 0.484. The molecule has 2 nitrogen and oxygen atoms in total. The molecule has 1 unspecified atom stereocenters. The number of rotatable bonds is 5. The molecule has 0 heterocycles. The van der Waals surface area contributed by atoms with Crippen LogP contribution in [0.3, 0.4) is 0 Å². The SMILES string of the molecule is CCOc1cccc(C(N)Cc2cc(Cl)ccc2F)c1. The van der Waals surface area contributed by atoms with Crippen LogP contribution >= 0.6 is 11.6 Å². The average molecular weight is 294 g/mol. The van der Waals surface area contributed by atoms with Crippen LogP contribution in [-0.2, 0) is 6.42 Å². The zero-order valence-corrected chi connectivity index (χ0v) is 12.0. The average Bonchev–Trinajstić information content (AvgIpc) is 2.43. The summed E-state index contributed by atoms with van der Waals surface area (Å²) in [6, 6.07) is 11.8. The van der Waals surface area contributed by atoms with E-state index in [1.54, 1.807) is 6.07 Å². The lowest BCUT2D eigenvalue weighted by molar-refractivity contribution is 0.339. The molecular weight excluding hydrogens is 277 g/mol. The fourth-order valence-corrected chi connectivity index (χ4v) is 2.25. The van der Waals surface area contributed by atoms with Crippen molar-refractivity contribution in [1.82, 2.24) is 0 Å². The van der Waals surface area contributed by atoms with Gasteiger partial charge >= 0.3 is 0 Å². The van der Waals surface area contributed by atoms with Crippen molar-refractivity contribution in [2.75, 3.05) is 6.61 Å². The summed E-state index contributed by atoms with van der Waals surface area (Å²) in [4.78, 5) is 0. The maximum atomic E-state index is 13.7. The molecule has 0 aromatic heterocycles. The van der Waals surface area contributed by atoms with Crippen molar-refractivity contribution >= 4 is 11.6 Å². The lowest BCUT2D eigenvalue weighted by atomic mass is 9.99. The van der Waals surface area contributed by atoms with Crippen molar-refractivity contribution in [3.05, 3.63) is 64.4 Å². The monoisotopic (exact) mass is 293 g/mol. The molecule has 4 heteroatoms. The predicted molar refractivity (Wildman–Crippen MR) is 79.7 cm³/mol. The van der Waals surface area contributed by atoms with Gasteiger partial charge in [-0.25, -0.2) is 4.39 Å². The molecular formula is C16H17ClFNO. The third-order valence-corrected chi connectivity index (χ3v) is 3.28. The van der Waals surface area contributed by atoms with Crippen LogP contribution in [0.4, 0.5) is 4.39 Å². The second-order valence-electron chi connectivity index (χ2n) is 4.55. The van der Waals surface area contributed by atoms with Crippen LogP contribution in [0.2, 0.25) is 5.02 Å². The lowest BCUT2D eigenvalue weighted by Gasteiger charge is -2.14. The number of benzene rings is 2. The zero-order valence-electron chi connectivity index (χ0n) is 11.3. The van der Waals surface area contributed by atoms with Gasteiger partial charge in [0.1, 0.15) is 11.6 Å². The normalized spacial score (nSPS) is 12.2. The molecule has 2 rings (SSSR count). The first-order valence-corrected chi connectivity index (χ1v) is 6.90. The summed E-state index contributed by atoms with van der Waals surface area (Å²) in [6.45, 7) is 2.52. The van der Waals surface area contributed by atoms with Gasteiger partial charge in [-0.2, -0.15) is 0 Å². The zero-order chi connectivity index (χ0) is 14.5. The van der Waals surface area contributed by atoms with Crippen LogP contribution in [0.1, 0.15) is 24.1 Å². The summed E-state index contributed by atoms with van der Waals surface area (Å²) in [5.41, 5.74) is 7.58. The third kappa shape index (κ3) is 3.71. The molecule has 1 atom stereocenters. The second-order valence-corrected chi connectivity index (χ2v) is 4.99. The highest BCUT2D eigenvalue weighted by molar-refractivity contribution is 6.30. The summed E-state index contributed by atoms with van der Waals surface area (Å²) in [7, 11) is 0. The Balaban J connectivity index is 2.17. The Morgan fingerprint density at radius 2 is 2.05 bits per heavy atom. The summed E-state index contributed by atoms with van der Waals surface area (Å²) >= 11 is 5.89. The molecule has 2 N–H and O–H groups in total. The largest absolute Gasteiger partial charge is 0.494 e. The number of hydrogen-bond donors (Lipinski definition) is 1. The molecule has 0 saturated carbocycles. The van der Waals surface area contributed by atoms with E-state index in [1.165, 1.54) is 12.1 Å². The van der Waals surface area contributed by atoms with Crippen LogP contribution in [0, 0.1) is 5.82 Å². The van der Waals surface area contributed by atoms with Gasteiger partial charge in [-0.3, -0.25) is 0 Å². The van der Waals surface area contributed by atoms with E-state index in [9.17, 15) is 4.39 Å². The highest BCUT2D eigenvalue weighted by Gasteiger charge is 2.11. The highest BCUT2D eigenvalue weighted by atomic mass is 35.5. The first kappa shape index (κ1) is 14.8. The molecule has 0 aliphatic rings. The number of hydrogen-bond acceptors (Lipinski definition) is 2. The van der Waals surface area contributed by atoms with Crippen LogP contribution < -0.4 is 10.5 Å². The Kier molecular flexibility index (Phi) is 4.99. The number of ether oxygens (including phenoxy) is 1. The molecule has 2 aromatic carbocycles. The van der Waals surface area contributed by atoms with Gasteiger partial charge in [0.25, 0.3) is 0 Å². The van der Waals surface area contributed by atoms with Gasteiger partial charge in [-0.05, 0) is 54.8 Å². The van der Waals surface area contributed by atoms with E-state index in [0.29, 0.717) is 23.6 Å². The Bertz CT molecular complexity index is 588. The van der Waals surface area contributed by atoms with E-state index in [-0.39, 0.29) is 11.9 Å². The van der Waals surface area contributed by atoms with E-state index in [2.05, 4.69) is 0 Å². The molecule has 0 saturated heterocycles. The van der Waals surface area contributed by atoms with Gasteiger partial charge in [0.05, 0.1) is 6.61 Å².